The third-order valence-corrected chi connectivity index (χ3v) is 3.14. The lowest BCUT2D eigenvalue weighted by atomic mass is 9.93. The SMILES string of the molecule is CCCCCC=CC(C)C(O)C1(C)CO1. The summed E-state index contributed by atoms with van der Waals surface area (Å²) in [5, 5.41) is 9.94. The highest BCUT2D eigenvalue weighted by Gasteiger charge is 2.47. The van der Waals surface area contributed by atoms with Gasteiger partial charge in [0.1, 0.15) is 5.60 Å². The van der Waals surface area contributed by atoms with E-state index in [1.807, 2.05) is 13.8 Å². The molecule has 1 heterocycles. The molecule has 0 aromatic carbocycles. The molecular formula is C13H24O2. The first-order valence-corrected chi connectivity index (χ1v) is 6.09. The molecule has 1 aliphatic rings. The third kappa shape index (κ3) is 3.96. The molecule has 0 aromatic heterocycles. The van der Waals surface area contributed by atoms with Gasteiger partial charge in [0, 0.05) is 5.92 Å². The average molecular weight is 212 g/mol. The van der Waals surface area contributed by atoms with Crippen LogP contribution in [0.1, 0.15) is 46.5 Å². The van der Waals surface area contributed by atoms with E-state index >= 15 is 0 Å². The fourth-order valence-electron chi connectivity index (χ4n) is 1.77. The number of hydrogen-bond acceptors (Lipinski definition) is 2. The number of aliphatic hydroxyl groups excluding tert-OH is 1. The molecule has 0 bridgehead atoms. The molecule has 1 rings (SSSR count). The van der Waals surface area contributed by atoms with E-state index in [1.165, 1.54) is 19.3 Å². The van der Waals surface area contributed by atoms with Gasteiger partial charge < -0.3 is 9.84 Å². The van der Waals surface area contributed by atoms with Crippen LogP contribution in [0.2, 0.25) is 0 Å². The summed E-state index contributed by atoms with van der Waals surface area (Å²) in [6.07, 6.45) is 8.88. The topological polar surface area (TPSA) is 32.8 Å². The maximum Gasteiger partial charge on any atom is 0.115 e. The molecule has 3 unspecified atom stereocenters. The fraction of sp³-hybridized carbons (Fsp3) is 0.846. The third-order valence-electron chi connectivity index (χ3n) is 3.14. The van der Waals surface area contributed by atoms with Gasteiger partial charge in [-0.1, -0.05) is 38.8 Å². The highest BCUT2D eigenvalue weighted by Crippen LogP contribution is 2.34. The van der Waals surface area contributed by atoms with Crippen molar-refractivity contribution in [3.8, 4) is 0 Å². The first-order valence-electron chi connectivity index (χ1n) is 6.09. The van der Waals surface area contributed by atoms with Crippen molar-refractivity contribution in [1.29, 1.82) is 0 Å². The van der Waals surface area contributed by atoms with Crippen molar-refractivity contribution in [3.05, 3.63) is 12.2 Å². The van der Waals surface area contributed by atoms with E-state index in [9.17, 15) is 5.11 Å². The molecular weight excluding hydrogens is 188 g/mol. The van der Waals surface area contributed by atoms with Crippen molar-refractivity contribution in [2.45, 2.75) is 58.2 Å². The Morgan fingerprint density at radius 3 is 2.67 bits per heavy atom. The van der Waals surface area contributed by atoms with Crippen LogP contribution in [0, 0.1) is 5.92 Å². The summed E-state index contributed by atoms with van der Waals surface area (Å²) in [7, 11) is 0. The summed E-state index contributed by atoms with van der Waals surface area (Å²) in [5.74, 6) is 0.194. The monoisotopic (exact) mass is 212 g/mol. The number of epoxide rings is 1. The van der Waals surface area contributed by atoms with E-state index in [4.69, 9.17) is 4.74 Å². The van der Waals surface area contributed by atoms with Crippen LogP contribution in [-0.2, 0) is 4.74 Å². The van der Waals surface area contributed by atoms with Crippen LogP contribution >= 0.6 is 0 Å². The van der Waals surface area contributed by atoms with Crippen LogP contribution < -0.4 is 0 Å². The van der Waals surface area contributed by atoms with Gasteiger partial charge in [0.2, 0.25) is 0 Å². The Morgan fingerprint density at radius 1 is 1.47 bits per heavy atom. The zero-order chi connectivity index (χ0) is 11.3. The van der Waals surface area contributed by atoms with E-state index in [2.05, 4.69) is 19.1 Å². The molecule has 1 N–H and O–H groups in total. The average Bonchev–Trinajstić information content (AvgIpc) is 2.96. The predicted octanol–water partition coefficient (Wildman–Crippen LogP) is 2.91. The molecule has 0 aromatic rings. The van der Waals surface area contributed by atoms with Gasteiger partial charge >= 0.3 is 0 Å². The normalized spacial score (nSPS) is 29.3. The van der Waals surface area contributed by atoms with E-state index < -0.39 is 0 Å². The quantitative estimate of drug-likeness (QED) is 0.400. The van der Waals surface area contributed by atoms with E-state index in [0.29, 0.717) is 6.61 Å². The smallest absolute Gasteiger partial charge is 0.115 e. The summed E-state index contributed by atoms with van der Waals surface area (Å²) in [5.41, 5.74) is -0.271. The van der Waals surface area contributed by atoms with Gasteiger partial charge in [-0.2, -0.15) is 0 Å². The van der Waals surface area contributed by atoms with Crippen LogP contribution in [0.25, 0.3) is 0 Å². The summed E-state index contributed by atoms with van der Waals surface area (Å²) in [6.45, 7) is 6.93. The Labute approximate surface area is 93.3 Å². The van der Waals surface area contributed by atoms with Crippen molar-refractivity contribution in [2.24, 2.45) is 5.92 Å². The molecule has 0 saturated carbocycles. The Morgan fingerprint density at radius 2 is 2.13 bits per heavy atom. The maximum atomic E-state index is 9.94. The van der Waals surface area contributed by atoms with Gasteiger partial charge in [0.25, 0.3) is 0 Å². The number of aliphatic hydroxyl groups is 1. The Kier molecular flexibility index (Phi) is 4.81. The largest absolute Gasteiger partial charge is 0.389 e. The van der Waals surface area contributed by atoms with Crippen molar-refractivity contribution in [2.75, 3.05) is 6.61 Å². The maximum absolute atomic E-state index is 9.94. The molecule has 0 spiro atoms. The lowest BCUT2D eigenvalue weighted by Gasteiger charge is -2.19. The van der Waals surface area contributed by atoms with Crippen LogP contribution in [-0.4, -0.2) is 23.4 Å². The van der Waals surface area contributed by atoms with Gasteiger partial charge in [-0.15, -0.1) is 0 Å². The first kappa shape index (κ1) is 12.7. The molecule has 2 heteroatoms. The van der Waals surface area contributed by atoms with Crippen LogP contribution in [0.4, 0.5) is 0 Å². The molecule has 2 nitrogen and oxygen atoms in total. The summed E-state index contributed by atoms with van der Waals surface area (Å²) < 4.78 is 5.24. The second-order valence-corrected chi connectivity index (χ2v) is 4.83. The number of unbranched alkanes of at least 4 members (excludes halogenated alkanes) is 3. The van der Waals surface area contributed by atoms with Gasteiger partial charge in [-0.05, 0) is 19.8 Å². The molecule has 1 aliphatic heterocycles. The summed E-state index contributed by atoms with van der Waals surface area (Å²) >= 11 is 0. The van der Waals surface area contributed by atoms with Gasteiger partial charge in [-0.3, -0.25) is 0 Å². The first-order chi connectivity index (χ1) is 7.10. The molecule has 15 heavy (non-hydrogen) atoms. The molecule has 88 valence electrons. The van der Waals surface area contributed by atoms with E-state index in [1.54, 1.807) is 0 Å². The van der Waals surface area contributed by atoms with Crippen molar-refractivity contribution in [1.82, 2.24) is 0 Å². The number of rotatable bonds is 7. The van der Waals surface area contributed by atoms with Gasteiger partial charge in [-0.25, -0.2) is 0 Å². The molecule has 0 aliphatic carbocycles. The predicted molar refractivity (Wildman–Crippen MR) is 62.8 cm³/mol. The second-order valence-electron chi connectivity index (χ2n) is 4.83. The summed E-state index contributed by atoms with van der Waals surface area (Å²) in [4.78, 5) is 0. The highest BCUT2D eigenvalue weighted by atomic mass is 16.6. The van der Waals surface area contributed by atoms with Crippen molar-refractivity contribution < 1.29 is 9.84 Å². The Hall–Kier alpha value is -0.340. The van der Waals surface area contributed by atoms with Crippen LogP contribution in [0.15, 0.2) is 12.2 Å². The molecule has 0 radical (unpaired) electrons. The minimum absolute atomic E-state index is 0.194. The number of ether oxygens (including phenoxy) is 1. The van der Waals surface area contributed by atoms with Gasteiger partial charge in [0.15, 0.2) is 0 Å². The van der Waals surface area contributed by atoms with E-state index in [-0.39, 0.29) is 17.6 Å². The molecule has 3 atom stereocenters. The van der Waals surface area contributed by atoms with Crippen LogP contribution in [0.3, 0.4) is 0 Å². The van der Waals surface area contributed by atoms with Crippen LogP contribution in [0.5, 0.6) is 0 Å². The zero-order valence-electron chi connectivity index (χ0n) is 10.2. The standard InChI is InChI=1S/C13H24O2/c1-4-5-6-7-8-9-11(2)12(14)13(3)10-15-13/h8-9,11-12,14H,4-7,10H2,1-3H3. The summed E-state index contributed by atoms with van der Waals surface area (Å²) in [6, 6.07) is 0. The Bertz CT molecular complexity index is 207. The number of allylic oxidation sites excluding steroid dienone is 1. The fourth-order valence-corrected chi connectivity index (χ4v) is 1.77. The number of hydrogen-bond donors (Lipinski definition) is 1. The Balaban J connectivity index is 2.19. The van der Waals surface area contributed by atoms with Crippen molar-refractivity contribution >= 4 is 0 Å². The molecule has 1 fully saturated rings. The second kappa shape index (κ2) is 5.66. The van der Waals surface area contributed by atoms with Gasteiger partial charge in [0.05, 0.1) is 12.7 Å². The lowest BCUT2D eigenvalue weighted by molar-refractivity contribution is 0.0565. The van der Waals surface area contributed by atoms with Crippen molar-refractivity contribution in [3.63, 3.8) is 0 Å². The minimum Gasteiger partial charge on any atom is -0.389 e. The highest BCUT2D eigenvalue weighted by molar-refractivity contribution is 5.02. The zero-order valence-corrected chi connectivity index (χ0v) is 10.2. The lowest BCUT2D eigenvalue weighted by Crippen LogP contribution is -2.31. The van der Waals surface area contributed by atoms with E-state index in [0.717, 1.165) is 6.42 Å². The molecule has 1 saturated heterocycles. The molecule has 0 amide bonds. The minimum atomic E-state index is -0.361.